The van der Waals surface area contributed by atoms with Gasteiger partial charge >= 0.3 is 0 Å². The number of benzene rings is 1. The number of H-pyrrole nitrogens is 1. The molecule has 1 aliphatic rings. The lowest BCUT2D eigenvalue weighted by molar-refractivity contribution is -0.123. The van der Waals surface area contributed by atoms with Crippen LogP contribution < -0.4 is 11.1 Å². The van der Waals surface area contributed by atoms with Crippen LogP contribution in [0.3, 0.4) is 0 Å². The smallest absolute Gasteiger partial charge is 0.240 e. The van der Waals surface area contributed by atoms with E-state index in [0.29, 0.717) is 6.54 Å². The number of fused-ring (bicyclic) bond motifs is 1. The third kappa shape index (κ3) is 2.92. The van der Waals surface area contributed by atoms with Crippen molar-refractivity contribution in [2.45, 2.75) is 24.8 Å². The van der Waals surface area contributed by atoms with Crippen molar-refractivity contribution in [2.24, 2.45) is 5.73 Å². The lowest BCUT2D eigenvalue weighted by Gasteiger charge is -2.09. The van der Waals surface area contributed by atoms with Crippen LogP contribution in [0.2, 0.25) is 5.02 Å². The number of nitrogens with two attached hydrogens (primary N) is 1. The second-order valence-electron chi connectivity index (χ2n) is 5.17. The number of rotatable bonds is 4. The first-order valence-electron chi connectivity index (χ1n) is 6.41. The Labute approximate surface area is 128 Å². The minimum Gasteiger partial charge on any atom is -0.361 e. The molecule has 1 heterocycles. The molecule has 4 nitrogen and oxygen atoms in total. The number of hydrogen-bond acceptors (Lipinski definition) is 2. The van der Waals surface area contributed by atoms with Gasteiger partial charge in [0.1, 0.15) is 0 Å². The molecule has 1 aliphatic carbocycles. The largest absolute Gasteiger partial charge is 0.361 e. The van der Waals surface area contributed by atoms with Crippen molar-refractivity contribution in [1.29, 1.82) is 0 Å². The fourth-order valence-electron chi connectivity index (χ4n) is 2.21. The van der Waals surface area contributed by atoms with Crippen molar-refractivity contribution >= 4 is 40.8 Å². The van der Waals surface area contributed by atoms with Crippen LogP contribution in [-0.4, -0.2) is 23.0 Å². The Bertz CT molecular complexity index is 634. The summed E-state index contributed by atoms with van der Waals surface area (Å²) in [7, 11) is 0. The molecular weight excluding hydrogens is 297 g/mol. The van der Waals surface area contributed by atoms with E-state index in [9.17, 15) is 4.79 Å². The van der Waals surface area contributed by atoms with Gasteiger partial charge in [-0.05, 0) is 43.0 Å². The summed E-state index contributed by atoms with van der Waals surface area (Å²) in [5.74, 6) is -0.0367. The molecule has 6 heteroatoms. The molecule has 1 saturated carbocycles. The summed E-state index contributed by atoms with van der Waals surface area (Å²) >= 11 is 6.00. The van der Waals surface area contributed by atoms with Gasteiger partial charge in [0.15, 0.2) is 0 Å². The SMILES string of the molecule is Cl.NC1(C(=O)NCCc2c[nH]c3ccc(Cl)cc23)CC1. The first kappa shape index (κ1) is 15.2. The summed E-state index contributed by atoms with van der Waals surface area (Å²) in [6.07, 6.45) is 4.31. The second kappa shape index (κ2) is 5.64. The zero-order valence-electron chi connectivity index (χ0n) is 10.9. The molecule has 0 spiro atoms. The highest BCUT2D eigenvalue weighted by Gasteiger charge is 2.45. The molecule has 0 atom stereocenters. The van der Waals surface area contributed by atoms with Crippen LogP contribution in [0.1, 0.15) is 18.4 Å². The minimum atomic E-state index is -0.594. The Kier molecular flexibility index (Phi) is 4.28. The van der Waals surface area contributed by atoms with Gasteiger partial charge in [0.2, 0.25) is 5.91 Å². The fourth-order valence-corrected chi connectivity index (χ4v) is 2.38. The summed E-state index contributed by atoms with van der Waals surface area (Å²) in [6, 6.07) is 5.76. The Morgan fingerprint density at radius 3 is 2.90 bits per heavy atom. The summed E-state index contributed by atoms with van der Waals surface area (Å²) < 4.78 is 0. The average Bonchev–Trinajstić information content (AvgIpc) is 3.02. The predicted octanol–water partition coefficient (Wildman–Crippen LogP) is 2.39. The third-order valence-electron chi connectivity index (χ3n) is 3.65. The van der Waals surface area contributed by atoms with Crippen molar-refractivity contribution in [3.63, 3.8) is 0 Å². The van der Waals surface area contributed by atoms with Gasteiger partial charge in [-0.1, -0.05) is 11.6 Å². The highest BCUT2D eigenvalue weighted by atomic mass is 35.5. The summed E-state index contributed by atoms with van der Waals surface area (Å²) in [4.78, 5) is 14.9. The number of halogens is 2. The Morgan fingerprint density at radius 1 is 1.45 bits per heavy atom. The van der Waals surface area contributed by atoms with Crippen LogP contribution in [0.15, 0.2) is 24.4 Å². The Morgan fingerprint density at radius 2 is 2.20 bits per heavy atom. The van der Waals surface area contributed by atoms with E-state index in [4.69, 9.17) is 17.3 Å². The monoisotopic (exact) mass is 313 g/mol. The maximum Gasteiger partial charge on any atom is 0.240 e. The van der Waals surface area contributed by atoms with Crippen LogP contribution >= 0.6 is 24.0 Å². The average molecular weight is 314 g/mol. The summed E-state index contributed by atoms with van der Waals surface area (Å²) in [5.41, 5.74) is 7.44. The van der Waals surface area contributed by atoms with Gasteiger partial charge < -0.3 is 16.0 Å². The molecule has 1 aromatic carbocycles. The van der Waals surface area contributed by atoms with E-state index in [0.717, 1.165) is 40.8 Å². The topological polar surface area (TPSA) is 70.9 Å². The van der Waals surface area contributed by atoms with Gasteiger partial charge in [-0.15, -0.1) is 12.4 Å². The lowest BCUT2D eigenvalue weighted by Crippen LogP contribution is -2.43. The molecule has 1 aromatic heterocycles. The predicted molar refractivity (Wildman–Crippen MR) is 83.4 cm³/mol. The van der Waals surface area contributed by atoms with E-state index >= 15 is 0 Å². The van der Waals surface area contributed by atoms with Gasteiger partial charge in [0, 0.05) is 28.7 Å². The first-order valence-corrected chi connectivity index (χ1v) is 6.79. The Balaban J connectivity index is 0.00000147. The molecule has 0 saturated heterocycles. The molecule has 108 valence electrons. The van der Waals surface area contributed by atoms with Crippen molar-refractivity contribution in [3.8, 4) is 0 Å². The van der Waals surface area contributed by atoms with Crippen molar-refractivity contribution in [2.75, 3.05) is 6.54 Å². The highest BCUT2D eigenvalue weighted by Crippen LogP contribution is 2.32. The molecule has 4 N–H and O–H groups in total. The van der Waals surface area contributed by atoms with E-state index in [1.54, 1.807) is 0 Å². The number of nitrogens with one attached hydrogen (secondary N) is 2. The summed E-state index contributed by atoms with van der Waals surface area (Å²) in [6.45, 7) is 0.594. The lowest BCUT2D eigenvalue weighted by atomic mass is 10.1. The zero-order valence-corrected chi connectivity index (χ0v) is 12.5. The van der Waals surface area contributed by atoms with Gasteiger partial charge in [0.05, 0.1) is 5.54 Å². The van der Waals surface area contributed by atoms with Crippen LogP contribution in [0.5, 0.6) is 0 Å². The molecular formula is C14H17Cl2N3O. The van der Waals surface area contributed by atoms with E-state index in [2.05, 4.69) is 10.3 Å². The van der Waals surface area contributed by atoms with Gasteiger partial charge in [0.25, 0.3) is 0 Å². The van der Waals surface area contributed by atoms with E-state index in [1.165, 1.54) is 0 Å². The van der Waals surface area contributed by atoms with E-state index in [-0.39, 0.29) is 18.3 Å². The molecule has 0 unspecified atom stereocenters. The number of hydrogen-bond donors (Lipinski definition) is 3. The van der Waals surface area contributed by atoms with Crippen LogP contribution in [0.4, 0.5) is 0 Å². The standard InChI is InChI=1S/C14H16ClN3O.ClH/c15-10-1-2-12-11(7-10)9(8-18-12)3-6-17-13(19)14(16)4-5-14;/h1-2,7-8,18H,3-6,16H2,(H,17,19);1H. The van der Waals surface area contributed by atoms with Crippen molar-refractivity contribution in [1.82, 2.24) is 10.3 Å². The van der Waals surface area contributed by atoms with Gasteiger partial charge in [-0.3, -0.25) is 4.79 Å². The number of aromatic nitrogens is 1. The second-order valence-corrected chi connectivity index (χ2v) is 5.60. The maximum atomic E-state index is 11.7. The number of amides is 1. The number of aromatic amines is 1. The van der Waals surface area contributed by atoms with E-state index < -0.39 is 5.54 Å². The van der Waals surface area contributed by atoms with Gasteiger partial charge in [-0.2, -0.15) is 0 Å². The van der Waals surface area contributed by atoms with E-state index in [1.807, 2.05) is 24.4 Å². The number of carbonyl (C=O) groups is 1. The Hall–Kier alpha value is -1.23. The third-order valence-corrected chi connectivity index (χ3v) is 3.89. The van der Waals surface area contributed by atoms with Crippen molar-refractivity contribution in [3.05, 3.63) is 35.0 Å². The van der Waals surface area contributed by atoms with Crippen LogP contribution in [0.25, 0.3) is 10.9 Å². The fraction of sp³-hybridized carbons (Fsp3) is 0.357. The van der Waals surface area contributed by atoms with Crippen LogP contribution in [0, 0.1) is 0 Å². The highest BCUT2D eigenvalue weighted by molar-refractivity contribution is 6.31. The molecule has 3 rings (SSSR count). The molecule has 2 aromatic rings. The minimum absolute atomic E-state index is 0. The maximum absolute atomic E-state index is 11.7. The number of carbonyl (C=O) groups excluding carboxylic acids is 1. The van der Waals surface area contributed by atoms with Crippen molar-refractivity contribution < 1.29 is 4.79 Å². The van der Waals surface area contributed by atoms with Crippen LogP contribution in [-0.2, 0) is 11.2 Å². The quantitative estimate of drug-likeness (QED) is 0.811. The van der Waals surface area contributed by atoms with Gasteiger partial charge in [-0.25, -0.2) is 0 Å². The molecule has 0 bridgehead atoms. The molecule has 0 aliphatic heterocycles. The summed E-state index contributed by atoms with van der Waals surface area (Å²) in [5, 5.41) is 4.72. The molecule has 0 radical (unpaired) electrons. The normalized spacial score (nSPS) is 15.7. The molecule has 1 amide bonds. The molecule has 20 heavy (non-hydrogen) atoms. The first-order chi connectivity index (χ1) is 9.08. The zero-order chi connectivity index (χ0) is 13.5. The molecule has 1 fully saturated rings.